The Morgan fingerprint density at radius 1 is 1.19 bits per heavy atom. The number of benzene rings is 2. The third kappa shape index (κ3) is 5.37. The van der Waals surface area contributed by atoms with Gasteiger partial charge in [-0.1, -0.05) is 29.7 Å². The number of para-hydroxylation sites is 1. The first-order valence-corrected chi connectivity index (χ1v) is 8.11. The Labute approximate surface area is 151 Å². The zero-order valence-corrected chi connectivity index (χ0v) is 14.8. The Morgan fingerprint density at radius 2 is 1.96 bits per heavy atom. The molecule has 0 unspecified atom stereocenters. The third-order valence-electron chi connectivity index (χ3n) is 3.55. The minimum Gasteiger partial charge on any atom is -0.492 e. The number of ether oxygens (including phenoxy) is 3. The molecule has 5 nitrogen and oxygen atoms in total. The van der Waals surface area contributed by atoms with E-state index in [1.165, 1.54) is 0 Å². The van der Waals surface area contributed by atoms with Crippen LogP contribution in [-0.2, 0) is 11.3 Å². The summed E-state index contributed by atoms with van der Waals surface area (Å²) in [6.45, 7) is 0.969. The highest BCUT2D eigenvalue weighted by atomic mass is 19.3. The van der Waals surface area contributed by atoms with E-state index < -0.39 is 12.7 Å². The number of hydrogen-bond donors (Lipinski definition) is 1. The average molecular weight is 363 g/mol. The number of rotatable bonds is 7. The van der Waals surface area contributed by atoms with Crippen LogP contribution in [0.15, 0.2) is 36.4 Å². The summed E-state index contributed by atoms with van der Waals surface area (Å²) in [5.74, 6) is 1.04. The molecule has 0 heterocycles. The van der Waals surface area contributed by atoms with Gasteiger partial charge >= 0.3 is 12.7 Å². The fourth-order valence-electron chi connectivity index (χ4n) is 2.44. The number of alkyl halides is 2. The van der Waals surface area contributed by atoms with Crippen molar-refractivity contribution >= 4 is 25.1 Å². The summed E-state index contributed by atoms with van der Waals surface area (Å²) in [6.07, 6.45) is -1.26. The molecule has 0 aliphatic heterocycles. The maximum Gasteiger partial charge on any atom is 0.416 e. The molecule has 0 atom stereocenters. The van der Waals surface area contributed by atoms with Crippen LogP contribution in [0.25, 0.3) is 0 Å². The Morgan fingerprint density at radius 3 is 2.62 bits per heavy atom. The van der Waals surface area contributed by atoms with Crippen LogP contribution >= 0.6 is 0 Å². The van der Waals surface area contributed by atoms with Gasteiger partial charge in [-0.25, -0.2) is 4.79 Å². The van der Waals surface area contributed by atoms with E-state index in [0.29, 0.717) is 23.7 Å². The minimum atomic E-state index is -3.20. The van der Waals surface area contributed by atoms with E-state index in [1.54, 1.807) is 25.1 Å². The second kappa shape index (κ2) is 9.08. The van der Waals surface area contributed by atoms with Crippen molar-refractivity contribution in [1.82, 2.24) is 0 Å². The molecule has 8 heteroatoms. The standard InChI is InChI=1S/C18H20BF2NO4/c1-3-24-15-6-4-5-12(16(15)22-18(23)26-17(20)21)10-25-14-8-7-13(19)9-11(14)2/h4-9,17H,3,10,19H2,1-2H3,(H,22,23). The molecule has 2 rings (SSSR count). The predicted octanol–water partition coefficient (Wildman–Crippen LogP) is 3.00. The maximum absolute atomic E-state index is 12.2. The molecule has 0 aliphatic rings. The number of amides is 1. The fraction of sp³-hybridized carbons (Fsp3) is 0.278. The lowest BCUT2D eigenvalue weighted by atomic mass is 9.94. The van der Waals surface area contributed by atoms with E-state index in [1.807, 2.05) is 33.0 Å². The molecule has 1 N–H and O–H groups in total. The van der Waals surface area contributed by atoms with Gasteiger partial charge < -0.3 is 14.2 Å². The van der Waals surface area contributed by atoms with Crippen LogP contribution in [0.4, 0.5) is 19.3 Å². The molecular formula is C18H20BF2NO4. The highest BCUT2D eigenvalue weighted by molar-refractivity contribution is 6.32. The van der Waals surface area contributed by atoms with Gasteiger partial charge in [-0.05, 0) is 31.5 Å². The number of hydrogen-bond acceptors (Lipinski definition) is 4. The Hall–Kier alpha value is -2.77. The van der Waals surface area contributed by atoms with Crippen molar-refractivity contribution < 1.29 is 27.8 Å². The van der Waals surface area contributed by atoms with Crippen molar-refractivity contribution in [3.63, 3.8) is 0 Å². The van der Waals surface area contributed by atoms with Crippen molar-refractivity contribution in [1.29, 1.82) is 0 Å². The molecule has 26 heavy (non-hydrogen) atoms. The monoisotopic (exact) mass is 363 g/mol. The van der Waals surface area contributed by atoms with Gasteiger partial charge in [-0.15, -0.1) is 0 Å². The van der Waals surface area contributed by atoms with E-state index in [4.69, 9.17) is 9.47 Å². The van der Waals surface area contributed by atoms with Crippen molar-refractivity contribution in [2.75, 3.05) is 11.9 Å². The summed E-state index contributed by atoms with van der Waals surface area (Å²) in [7, 11) is 1.99. The van der Waals surface area contributed by atoms with E-state index in [0.717, 1.165) is 11.0 Å². The quantitative estimate of drug-likeness (QED) is 0.769. The molecule has 0 spiro atoms. The smallest absolute Gasteiger partial charge is 0.416 e. The second-order valence-electron chi connectivity index (χ2n) is 5.57. The highest BCUT2D eigenvalue weighted by Crippen LogP contribution is 2.30. The van der Waals surface area contributed by atoms with Gasteiger partial charge in [0.15, 0.2) is 0 Å². The number of carbonyl (C=O) groups is 1. The van der Waals surface area contributed by atoms with Crippen LogP contribution in [0.3, 0.4) is 0 Å². The summed E-state index contributed by atoms with van der Waals surface area (Å²) in [5, 5.41) is 2.31. The van der Waals surface area contributed by atoms with E-state index in [2.05, 4.69) is 10.1 Å². The van der Waals surface area contributed by atoms with Crippen LogP contribution < -0.4 is 20.3 Å². The van der Waals surface area contributed by atoms with E-state index in [9.17, 15) is 13.6 Å². The molecule has 2 aromatic rings. The summed E-state index contributed by atoms with van der Waals surface area (Å²) < 4.78 is 39.6. The van der Waals surface area contributed by atoms with Crippen LogP contribution in [0, 0.1) is 6.92 Å². The number of nitrogens with one attached hydrogen (secondary N) is 1. The zero-order valence-electron chi connectivity index (χ0n) is 14.8. The third-order valence-corrected chi connectivity index (χ3v) is 3.55. The number of halogens is 2. The summed E-state index contributed by atoms with van der Waals surface area (Å²) in [4.78, 5) is 11.6. The van der Waals surface area contributed by atoms with Gasteiger partial charge in [0, 0.05) is 5.56 Å². The first kappa shape index (κ1) is 19.6. The zero-order chi connectivity index (χ0) is 19.1. The molecule has 0 aromatic heterocycles. The largest absolute Gasteiger partial charge is 0.492 e. The Kier molecular flexibility index (Phi) is 6.83. The molecule has 2 aromatic carbocycles. The van der Waals surface area contributed by atoms with Crippen LogP contribution in [0.2, 0.25) is 0 Å². The Balaban J connectivity index is 2.23. The molecule has 0 aliphatic carbocycles. The highest BCUT2D eigenvalue weighted by Gasteiger charge is 2.17. The lowest BCUT2D eigenvalue weighted by Crippen LogP contribution is -2.19. The molecular weight excluding hydrogens is 343 g/mol. The van der Waals surface area contributed by atoms with Crippen molar-refractivity contribution in [3.05, 3.63) is 47.5 Å². The van der Waals surface area contributed by atoms with Crippen LogP contribution in [0.1, 0.15) is 18.1 Å². The molecule has 0 bridgehead atoms. The van der Waals surface area contributed by atoms with Gasteiger partial charge in [0.2, 0.25) is 0 Å². The summed E-state index contributed by atoms with van der Waals surface area (Å²) >= 11 is 0. The van der Waals surface area contributed by atoms with Gasteiger partial charge in [0.25, 0.3) is 0 Å². The van der Waals surface area contributed by atoms with Crippen molar-refractivity contribution in [3.8, 4) is 11.5 Å². The lowest BCUT2D eigenvalue weighted by Gasteiger charge is -2.17. The first-order valence-electron chi connectivity index (χ1n) is 8.11. The van der Waals surface area contributed by atoms with Crippen molar-refractivity contribution in [2.24, 2.45) is 0 Å². The van der Waals surface area contributed by atoms with Crippen LogP contribution in [0.5, 0.6) is 11.5 Å². The predicted molar refractivity (Wildman–Crippen MR) is 97.4 cm³/mol. The van der Waals surface area contributed by atoms with E-state index >= 15 is 0 Å². The molecule has 0 radical (unpaired) electrons. The second-order valence-corrected chi connectivity index (χ2v) is 5.57. The summed E-state index contributed by atoms with van der Waals surface area (Å²) in [5.41, 5.74) is 2.90. The van der Waals surface area contributed by atoms with Crippen molar-refractivity contribution in [2.45, 2.75) is 27.1 Å². The number of aryl methyl sites for hydroxylation is 1. The van der Waals surface area contributed by atoms with Crippen LogP contribution in [-0.4, -0.2) is 27.2 Å². The van der Waals surface area contributed by atoms with Gasteiger partial charge in [-0.3, -0.25) is 5.32 Å². The molecule has 138 valence electrons. The molecule has 1 amide bonds. The molecule has 0 saturated heterocycles. The topological polar surface area (TPSA) is 56.8 Å². The first-order chi connectivity index (χ1) is 12.4. The van der Waals surface area contributed by atoms with E-state index in [-0.39, 0.29) is 12.3 Å². The number of carbonyl (C=O) groups excluding carboxylic acids is 1. The SMILES string of the molecule is Bc1ccc(OCc2cccc(OCC)c2NC(=O)OC(F)F)c(C)c1. The minimum absolute atomic E-state index is 0.120. The average Bonchev–Trinajstić information content (AvgIpc) is 2.56. The number of anilines is 1. The summed E-state index contributed by atoms with van der Waals surface area (Å²) in [6, 6.07) is 10.8. The van der Waals surface area contributed by atoms with Gasteiger partial charge in [0.05, 0.1) is 12.3 Å². The van der Waals surface area contributed by atoms with Gasteiger partial charge in [-0.2, -0.15) is 8.78 Å². The van der Waals surface area contributed by atoms with Gasteiger partial charge in [0.1, 0.15) is 26.0 Å². The molecule has 0 saturated carbocycles. The fourth-order valence-corrected chi connectivity index (χ4v) is 2.44. The molecule has 0 fully saturated rings. The normalized spacial score (nSPS) is 10.5. The lowest BCUT2D eigenvalue weighted by molar-refractivity contribution is -0.0767. The Bertz CT molecular complexity index is 771. The maximum atomic E-state index is 12.2.